The number of esters is 1. The molecule has 2 aromatic rings. The van der Waals surface area contributed by atoms with E-state index in [4.69, 9.17) is 4.74 Å². The van der Waals surface area contributed by atoms with E-state index in [1.165, 1.54) is 12.8 Å². The average molecular weight is 484 g/mol. The summed E-state index contributed by atoms with van der Waals surface area (Å²) >= 11 is 1.12. The third-order valence-corrected chi connectivity index (χ3v) is 7.52. The van der Waals surface area contributed by atoms with Gasteiger partial charge in [0.15, 0.2) is 0 Å². The molecule has 34 heavy (non-hydrogen) atoms. The first-order chi connectivity index (χ1) is 16.3. The molecule has 0 bridgehead atoms. The lowest BCUT2D eigenvalue weighted by Crippen LogP contribution is -2.36. The van der Waals surface area contributed by atoms with Crippen molar-refractivity contribution < 1.29 is 19.1 Å². The van der Waals surface area contributed by atoms with Gasteiger partial charge in [-0.05, 0) is 76.5 Å². The van der Waals surface area contributed by atoms with E-state index in [2.05, 4.69) is 15.5 Å². The van der Waals surface area contributed by atoms with Crippen LogP contribution in [-0.4, -0.2) is 48.4 Å². The van der Waals surface area contributed by atoms with Crippen molar-refractivity contribution in [3.8, 4) is 0 Å². The van der Waals surface area contributed by atoms with Gasteiger partial charge in [0.25, 0.3) is 5.91 Å². The van der Waals surface area contributed by atoms with Gasteiger partial charge >= 0.3 is 5.97 Å². The summed E-state index contributed by atoms with van der Waals surface area (Å²) in [6.07, 6.45) is 4.74. The predicted octanol–water partition coefficient (Wildman–Crippen LogP) is 4.92. The molecule has 2 amide bonds. The van der Waals surface area contributed by atoms with Gasteiger partial charge in [0, 0.05) is 18.3 Å². The number of amides is 2. The van der Waals surface area contributed by atoms with Crippen LogP contribution in [0, 0.1) is 26.7 Å². The summed E-state index contributed by atoms with van der Waals surface area (Å²) < 4.78 is 5.24. The molecular weight excluding hydrogens is 450 g/mol. The maximum atomic E-state index is 13.1. The second kappa shape index (κ2) is 10.3. The van der Waals surface area contributed by atoms with Gasteiger partial charge in [0.2, 0.25) is 5.91 Å². The lowest BCUT2D eigenvalue weighted by atomic mass is 10.1. The van der Waals surface area contributed by atoms with E-state index < -0.39 is 5.97 Å². The monoisotopic (exact) mass is 483 g/mol. The summed E-state index contributed by atoms with van der Waals surface area (Å²) in [6.45, 7) is 8.85. The number of rotatable bonds is 10. The number of benzene rings is 1. The van der Waals surface area contributed by atoms with E-state index >= 15 is 0 Å². The Labute approximate surface area is 204 Å². The van der Waals surface area contributed by atoms with E-state index in [0.29, 0.717) is 39.6 Å². The molecule has 0 unspecified atom stereocenters. The van der Waals surface area contributed by atoms with Crippen molar-refractivity contribution in [1.29, 1.82) is 0 Å². The number of aryl methyl sites for hydroxylation is 2. The SMILES string of the molecule is CCOC(=O)c1c(NC(=O)CN(CC2CC2)C2CC2)sc(C(=O)Nc2ccc(C)cc2C)c1C. The molecular formula is C26H33N3O4S. The van der Waals surface area contributed by atoms with E-state index in [0.717, 1.165) is 41.9 Å². The minimum atomic E-state index is -0.533. The molecule has 0 radical (unpaired) electrons. The Bertz CT molecular complexity index is 1100. The fourth-order valence-electron chi connectivity index (χ4n) is 4.17. The molecule has 0 atom stereocenters. The van der Waals surface area contributed by atoms with Crippen LogP contribution in [0.2, 0.25) is 0 Å². The first-order valence-electron chi connectivity index (χ1n) is 12.0. The van der Waals surface area contributed by atoms with E-state index in [1.54, 1.807) is 13.8 Å². The van der Waals surface area contributed by atoms with Crippen LogP contribution >= 0.6 is 11.3 Å². The fraction of sp³-hybridized carbons (Fsp3) is 0.500. The maximum Gasteiger partial charge on any atom is 0.341 e. The Morgan fingerprint density at radius 1 is 1.09 bits per heavy atom. The minimum Gasteiger partial charge on any atom is -0.462 e. The summed E-state index contributed by atoms with van der Waals surface area (Å²) in [5, 5.41) is 6.22. The Balaban J connectivity index is 1.54. The summed E-state index contributed by atoms with van der Waals surface area (Å²) in [7, 11) is 0. The van der Waals surface area contributed by atoms with Gasteiger partial charge in [-0.15, -0.1) is 11.3 Å². The van der Waals surface area contributed by atoms with Crippen LogP contribution in [0.4, 0.5) is 10.7 Å². The molecule has 1 heterocycles. The molecule has 1 aromatic heterocycles. The quantitative estimate of drug-likeness (QED) is 0.469. The van der Waals surface area contributed by atoms with Crippen LogP contribution in [0.1, 0.15) is 69.3 Å². The lowest BCUT2D eigenvalue weighted by molar-refractivity contribution is -0.117. The highest BCUT2D eigenvalue weighted by molar-refractivity contribution is 7.19. The largest absolute Gasteiger partial charge is 0.462 e. The Kier molecular flexibility index (Phi) is 7.38. The molecule has 182 valence electrons. The van der Waals surface area contributed by atoms with Gasteiger partial charge < -0.3 is 15.4 Å². The van der Waals surface area contributed by atoms with Gasteiger partial charge in [-0.1, -0.05) is 17.7 Å². The minimum absolute atomic E-state index is 0.166. The third kappa shape index (κ3) is 5.85. The smallest absolute Gasteiger partial charge is 0.341 e. The molecule has 1 aromatic carbocycles. The second-order valence-electron chi connectivity index (χ2n) is 9.41. The van der Waals surface area contributed by atoms with Gasteiger partial charge in [-0.3, -0.25) is 14.5 Å². The highest BCUT2D eigenvalue weighted by Gasteiger charge is 2.35. The number of carbonyl (C=O) groups is 3. The number of ether oxygens (including phenoxy) is 1. The number of hydrogen-bond acceptors (Lipinski definition) is 6. The molecule has 2 fully saturated rings. The standard InChI is InChI=1S/C26H33N3O4S/c1-5-33-26(32)22-17(4)23(24(31)27-20-11-6-15(2)12-16(20)3)34-25(22)28-21(30)14-29(19-9-10-19)13-18-7-8-18/h6,11-12,18-19H,5,7-10,13-14H2,1-4H3,(H,27,31)(H,28,30). The number of nitrogens with one attached hydrogen (secondary N) is 2. The number of thiophene rings is 1. The Morgan fingerprint density at radius 3 is 2.44 bits per heavy atom. The van der Waals surface area contributed by atoms with Gasteiger partial charge in [-0.25, -0.2) is 4.79 Å². The molecule has 2 aliphatic rings. The van der Waals surface area contributed by atoms with Gasteiger partial charge in [0.1, 0.15) is 5.00 Å². The molecule has 2 aliphatic carbocycles. The molecule has 7 nitrogen and oxygen atoms in total. The molecule has 2 N–H and O–H groups in total. The van der Waals surface area contributed by atoms with Crippen molar-refractivity contribution in [2.45, 2.75) is 59.4 Å². The molecule has 4 rings (SSSR count). The number of carbonyl (C=O) groups excluding carboxylic acids is 3. The second-order valence-corrected chi connectivity index (χ2v) is 10.4. The third-order valence-electron chi connectivity index (χ3n) is 6.32. The van der Waals surface area contributed by atoms with Crippen LogP contribution in [0.3, 0.4) is 0 Å². The maximum absolute atomic E-state index is 13.1. The van der Waals surface area contributed by atoms with Crippen molar-refractivity contribution in [3.05, 3.63) is 45.3 Å². The Hall–Kier alpha value is -2.71. The van der Waals surface area contributed by atoms with Crippen molar-refractivity contribution in [2.75, 3.05) is 30.3 Å². The van der Waals surface area contributed by atoms with E-state index in [-0.39, 0.29) is 24.0 Å². The summed E-state index contributed by atoms with van der Waals surface area (Å²) in [4.78, 5) is 41.5. The number of anilines is 2. The first-order valence-corrected chi connectivity index (χ1v) is 12.8. The average Bonchev–Trinajstić information content (AvgIpc) is 3.68. The molecule has 2 saturated carbocycles. The summed E-state index contributed by atoms with van der Waals surface area (Å²) in [5.41, 5.74) is 3.55. The van der Waals surface area contributed by atoms with Crippen LogP contribution in [0.15, 0.2) is 18.2 Å². The molecule has 8 heteroatoms. The van der Waals surface area contributed by atoms with Crippen molar-refractivity contribution in [2.24, 2.45) is 5.92 Å². The van der Waals surface area contributed by atoms with Crippen molar-refractivity contribution in [3.63, 3.8) is 0 Å². The van der Waals surface area contributed by atoms with Crippen molar-refractivity contribution >= 4 is 39.8 Å². The van der Waals surface area contributed by atoms with Crippen LogP contribution in [0.25, 0.3) is 0 Å². The van der Waals surface area contributed by atoms with Crippen LogP contribution < -0.4 is 10.6 Å². The zero-order valence-corrected chi connectivity index (χ0v) is 21.1. The predicted molar refractivity (Wildman–Crippen MR) is 135 cm³/mol. The molecule has 0 aliphatic heterocycles. The zero-order valence-electron chi connectivity index (χ0n) is 20.3. The number of hydrogen-bond donors (Lipinski definition) is 2. The topological polar surface area (TPSA) is 87.7 Å². The highest BCUT2D eigenvalue weighted by atomic mass is 32.1. The van der Waals surface area contributed by atoms with E-state index in [1.807, 2.05) is 32.0 Å². The van der Waals surface area contributed by atoms with Crippen molar-refractivity contribution in [1.82, 2.24) is 4.90 Å². The molecule has 0 spiro atoms. The van der Waals surface area contributed by atoms with E-state index in [9.17, 15) is 14.4 Å². The van der Waals surface area contributed by atoms with Gasteiger partial charge in [0.05, 0.1) is 23.6 Å². The molecule has 0 saturated heterocycles. The van der Waals surface area contributed by atoms with Crippen LogP contribution in [-0.2, 0) is 9.53 Å². The summed E-state index contributed by atoms with van der Waals surface area (Å²) in [5.74, 6) is -0.309. The van der Waals surface area contributed by atoms with Crippen LogP contribution in [0.5, 0.6) is 0 Å². The fourth-order valence-corrected chi connectivity index (χ4v) is 5.27. The van der Waals surface area contributed by atoms with Gasteiger partial charge in [-0.2, -0.15) is 0 Å². The normalized spacial score (nSPS) is 15.3. The first kappa shape index (κ1) is 24.4. The highest BCUT2D eigenvalue weighted by Crippen LogP contribution is 2.36. The number of nitrogens with zero attached hydrogens (tertiary/aromatic N) is 1. The summed E-state index contributed by atoms with van der Waals surface area (Å²) in [6, 6.07) is 6.29. The Morgan fingerprint density at radius 2 is 1.82 bits per heavy atom. The lowest BCUT2D eigenvalue weighted by Gasteiger charge is -2.21. The zero-order chi connectivity index (χ0) is 24.4.